The van der Waals surface area contributed by atoms with Crippen molar-refractivity contribution in [2.75, 3.05) is 10.6 Å². The van der Waals surface area contributed by atoms with Crippen molar-refractivity contribution in [3.05, 3.63) is 77.8 Å². The summed E-state index contributed by atoms with van der Waals surface area (Å²) in [4.78, 5) is 19.9. The summed E-state index contributed by atoms with van der Waals surface area (Å²) in [6.07, 6.45) is -3.40. The van der Waals surface area contributed by atoms with Gasteiger partial charge in [-0.15, -0.1) is 0 Å². The van der Waals surface area contributed by atoms with Crippen molar-refractivity contribution < 1.29 is 26.7 Å². The van der Waals surface area contributed by atoms with Crippen molar-refractivity contribution in [2.45, 2.75) is 6.18 Å². The maximum atomic E-state index is 13.3. The van der Waals surface area contributed by atoms with Gasteiger partial charge in [-0.1, -0.05) is 0 Å². The van der Waals surface area contributed by atoms with Crippen molar-refractivity contribution in [1.29, 1.82) is 0 Å². The van der Waals surface area contributed by atoms with Crippen molar-refractivity contribution >= 4 is 23.1 Å². The first kappa shape index (κ1) is 19.2. The number of carbonyl (C=O) groups excluding carboxylic acids is 1. The highest BCUT2D eigenvalue weighted by atomic mass is 19.4. The number of rotatable bonds is 4. The fourth-order valence-electron chi connectivity index (χ4n) is 2.21. The largest absolute Gasteiger partial charge is 0.416 e. The first-order chi connectivity index (χ1) is 13.2. The molecule has 0 aliphatic carbocycles. The van der Waals surface area contributed by atoms with Gasteiger partial charge in [-0.3, -0.25) is 4.79 Å². The van der Waals surface area contributed by atoms with Gasteiger partial charge < -0.3 is 10.6 Å². The molecule has 2 N–H and O–H groups in total. The van der Waals surface area contributed by atoms with Gasteiger partial charge in [0.2, 0.25) is 0 Å². The van der Waals surface area contributed by atoms with Gasteiger partial charge in [0.1, 0.15) is 17.8 Å². The van der Waals surface area contributed by atoms with Crippen LogP contribution in [0.2, 0.25) is 0 Å². The Morgan fingerprint density at radius 2 is 1.54 bits per heavy atom. The summed E-state index contributed by atoms with van der Waals surface area (Å²) in [7, 11) is 0. The Hall–Kier alpha value is -3.56. The summed E-state index contributed by atoms with van der Waals surface area (Å²) >= 11 is 0. The van der Waals surface area contributed by atoms with Crippen LogP contribution in [-0.4, -0.2) is 15.9 Å². The molecular formula is C18H11F5N4O. The second kappa shape index (κ2) is 7.59. The predicted octanol–water partition coefficient (Wildman–Crippen LogP) is 4.77. The summed E-state index contributed by atoms with van der Waals surface area (Å²) < 4.78 is 63.9. The average molecular weight is 394 g/mol. The quantitative estimate of drug-likeness (QED) is 0.626. The van der Waals surface area contributed by atoms with Gasteiger partial charge in [0, 0.05) is 23.5 Å². The molecule has 144 valence electrons. The minimum Gasteiger partial charge on any atom is -0.340 e. The molecule has 0 bridgehead atoms. The van der Waals surface area contributed by atoms with E-state index in [1.807, 2.05) is 0 Å². The van der Waals surface area contributed by atoms with Crippen LogP contribution in [0.25, 0.3) is 0 Å². The molecule has 0 saturated carbocycles. The number of carbonyl (C=O) groups is 1. The maximum Gasteiger partial charge on any atom is 0.416 e. The molecule has 3 rings (SSSR count). The minimum atomic E-state index is -4.48. The molecule has 0 fully saturated rings. The standard InChI is InChI=1S/C18H11F5N4O/c19-13-6-5-12(7-14(13)20)26-16-8-15(24-9-25-16)17(28)27-11-3-1-10(2-4-11)18(21,22)23/h1-9H,(H,27,28)(H,24,25,26). The van der Waals surface area contributed by atoms with Crippen LogP contribution in [0.15, 0.2) is 54.9 Å². The molecule has 0 aliphatic rings. The number of anilines is 3. The molecule has 10 heteroatoms. The van der Waals surface area contributed by atoms with Gasteiger partial charge in [0.15, 0.2) is 11.6 Å². The summed E-state index contributed by atoms with van der Waals surface area (Å²) in [6, 6.07) is 8.28. The molecule has 0 spiro atoms. The normalized spacial score (nSPS) is 11.2. The summed E-state index contributed by atoms with van der Waals surface area (Å²) in [5.74, 6) is -2.61. The van der Waals surface area contributed by atoms with E-state index in [2.05, 4.69) is 20.6 Å². The molecule has 2 aromatic carbocycles. The Morgan fingerprint density at radius 3 is 2.18 bits per heavy atom. The zero-order valence-corrected chi connectivity index (χ0v) is 13.9. The zero-order valence-electron chi connectivity index (χ0n) is 13.9. The number of nitrogens with zero attached hydrogens (tertiary/aromatic N) is 2. The zero-order chi connectivity index (χ0) is 20.3. The number of alkyl halides is 3. The number of amides is 1. The molecule has 0 atom stereocenters. The van der Waals surface area contributed by atoms with Crippen molar-refractivity contribution in [3.63, 3.8) is 0 Å². The van der Waals surface area contributed by atoms with E-state index in [0.717, 1.165) is 42.7 Å². The third kappa shape index (κ3) is 4.58. The highest BCUT2D eigenvalue weighted by Crippen LogP contribution is 2.29. The van der Waals surface area contributed by atoms with Crippen molar-refractivity contribution in [3.8, 4) is 0 Å². The fourth-order valence-corrected chi connectivity index (χ4v) is 2.21. The van der Waals surface area contributed by atoms with Crippen LogP contribution in [0.1, 0.15) is 16.1 Å². The van der Waals surface area contributed by atoms with Crippen molar-refractivity contribution in [2.24, 2.45) is 0 Å². The Morgan fingerprint density at radius 1 is 0.857 bits per heavy atom. The van der Waals surface area contributed by atoms with Crippen LogP contribution in [0.5, 0.6) is 0 Å². The topological polar surface area (TPSA) is 66.9 Å². The number of benzene rings is 2. The number of hydrogen-bond donors (Lipinski definition) is 2. The van der Waals surface area contributed by atoms with E-state index in [-0.39, 0.29) is 22.9 Å². The Kier molecular flexibility index (Phi) is 5.21. The number of nitrogens with one attached hydrogen (secondary N) is 2. The molecule has 5 nitrogen and oxygen atoms in total. The molecule has 28 heavy (non-hydrogen) atoms. The van der Waals surface area contributed by atoms with Gasteiger partial charge >= 0.3 is 6.18 Å². The molecule has 1 amide bonds. The first-order valence-corrected chi connectivity index (χ1v) is 7.75. The lowest BCUT2D eigenvalue weighted by Crippen LogP contribution is -2.14. The lowest BCUT2D eigenvalue weighted by Gasteiger charge is -2.09. The van der Waals surface area contributed by atoms with Crippen LogP contribution < -0.4 is 10.6 Å². The third-order valence-electron chi connectivity index (χ3n) is 3.56. The van der Waals surface area contributed by atoms with E-state index in [9.17, 15) is 26.7 Å². The molecule has 1 aromatic heterocycles. The van der Waals surface area contributed by atoms with E-state index < -0.39 is 29.3 Å². The third-order valence-corrected chi connectivity index (χ3v) is 3.56. The monoisotopic (exact) mass is 394 g/mol. The van der Waals surface area contributed by atoms with Gasteiger partial charge in [-0.25, -0.2) is 18.7 Å². The van der Waals surface area contributed by atoms with E-state index in [0.29, 0.717) is 0 Å². The molecule has 0 radical (unpaired) electrons. The summed E-state index contributed by atoms with van der Waals surface area (Å²) in [5, 5.41) is 5.10. The second-order valence-corrected chi connectivity index (χ2v) is 5.57. The van der Waals surface area contributed by atoms with Crippen LogP contribution >= 0.6 is 0 Å². The molecule has 0 aliphatic heterocycles. The summed E-state index contributed by atoms with van der Waals surface area (Å²) in [6.45, 7) is 0. The first-order valence-electron chi connectivity index (χ1n) is 7.75. The van der Waals surface area contributed by atoms with Gasteiger partial charge in [0.25, 0.3) is 5.91 Å². The number of halogens is 5. The second-order valence-electron chi connectivity index (χ2n) is 5.57. The van der Waals surface area contributed by atoms with Crippen molar-refractivity contribution in [1.82, 2.24) is 9.97 Å². The highest BCUT2D eigenvalue weighted by Gasteiger charge is 2.30. The fraction of sp³-hybridized carbons (Fsp3) is 0.0556. The molecule has 1 heterocycles. The smallest absolute Gasteiger partial charge is 0.340 e. The van der Waals surface area contributed by atoms with Gasteiger partial charge in [-0.2, -0.15) is 13.2 Å². The Bertz CT molecular complexity index is 1010. The number of hydrogen-bond acceptors (Lipinski definition) is 4. The van der Waals surface area contributed by atoms with E-state index in [1.54, 1.807) is 0 Å². The van der Waals surface area contributed by atoms with Crippen LogP contribution in [0.4, 0.5) is 39.1 Å². The molecule has 0 unspecified atom stereocenters. The minimum absolute atomic E-state index is 0.0834. The Balaban J connectivity index is 1.72. The van der Waals surface area contributed by atoms with Gasteiger partial charge in [-0.05, 0) is 36.4 Å². The van der Waals surface area contributed by atoms with Gasteiger partial charge in [0.05, 0.1) is 5.56 Å². The maximum absolute atomic E-state index is 13.3. The van der Waals surface area contributed by atoms with Crippen LogP contribution in [0.3, 0.4) is 0 Å². The van der Waals surface area contributed by atoms with Crippen LogP contribution in [-0.2, 0) is 6.18 Å². The highest BCUT2D eigenvalue weighted by molar-refractivity contribution is 6.03. The molecule has 0 saturated heterocycles. The Labute approximate surface area is 155 Å². The lowest BCUT2D eigenvalue weighted by atomic mass is 10.2. The molecule has 3 aromatic rings. The van der Waals surface area contributed by atoms with E-state index in [4.69, 9.17) is 0 Å². The average Bonchev–Trinajstić information content (AvgIpc) is 2.65. The summed E-state index contributed by atoms with van der Waals surface area (Å²) in [5.41, 5.74) is -0.580. The molecular weight excluding hydrogens is 383 g/mol. The van der Waals surface area contributed by atoms with Crippen LogP contribution in [0, 0.1) is 11.6 Å². The lowest BCUT2D eigenvalue weighted by molar-refractivity contribution is -0.137. The predicted molar refractivity (Wildman–Crippen MR) is 91.1 cm³/mol. The van der Waals surface area contributed by atoms with E-state index in [1.165, 1.54) is 12.1 Å². The number of aromatic nitrogens is 2. The van der Waals surface area contributed by atoms with E-state index >= 15 is 0 Å². The SMILES string of the molecule is O=C(Nc1ccc(C(F)(F)F)cc1)c1cc(Nc2ccc(F)c(F)c2)ncn1.